The van der Waals surface area contributed by atoms with Crippen LogP contribution in [0.3, 0.4) is 0 Å². The highest BCUT2D eigenvalue weighted by Crippen LogP contribution is 2.31. The Labute approximate surface area is 128 Å². The molecule has 0 spiro atoms. The zero-order valence-electron chi connectivity index (χ0n) is 11.9. The average molecular weight is 328 g/mol. The molecule has 1 N–H and O–H groups in total. The molecule has 1 saturated heterocycles. The Bertz CT molecular complexity index is 682. The van der Waals surface area contributed by atoms with E-state index < -0.39 is 15.8 Å². The van der Waals surface area contributed by atoms with Gasteiger partial charge in [0, 0.05) is 19.0 Å². The molecule has 120 valence electrons. The van der Waals surface area contributed by atoms with E-state index in [-0.39, 0.29) is 35.5 Å². The molecule has 1 heterocycles. The van der Waals surface area contributed by atoms with Gasteiger partial charge in [-0.2, -0.15) is 4.31 Å². The fraction of sp³-hybridized carbons (Fsp3) is 0.500. The minimum atomic E-state index is -3.71. The third kappa shape index (κ3) is 3.13. The number of anilines is 1. The van der Waals surface area contributed by atoms with Gasteiger partial charge in [-0.25, -0.2) is 12.8 Å². The zero-order chi connectivity index (χ0) is 15.7. The summed E-state index contributed by atoms with van der Waals surface area (Å²) in [5.41, 5.74) is -0.0914. The van der Waals surface area contributed by atoms with E-state index in [9.17, 15) is 17.6 Å². The molecule has 1 saturated carbocycles. The smallest absolute Gasteiger partial charge is 0.243 e. The maximum Gasteiger partial charge on any atom is 0.243 e. The van der Waals surface area contributed by atoms with Gasteiger partial charge >= 0.3 is 0 Å². The number of nitrogens with zero attached hydrogens (tertiary/aromatic N) is 1. The van der Waals surface area contributed by atoms with E-state index >= 15 is 0 Å². The first-order chi connectivity index (χ1) is 10.5. The van der Waals surface area contributed by atoms with Crippen molar-refractivity contribution in [2.24, 2.45) is 5.92 Å². The van der Waals surface area contributed by atoms with Crippen molar-refractivity contribution in [2.75, 3.05) is 31.6 Å². The van der Waals surface area contributed by atoms with Crippen LogP contribution in [0.5, 0.6) is 0 Å². The Morgan fingerprint density at radius 2 is 1.95 bits per heavy atom. The molecule has 1 aliphatic carbocycles. The standard InChI is InChI=1S/C14H17FN2O4S/c15-12-4-3-11(9-13(12)16-14(18)10-1-2-10)22(19,20)17-5-7-21-8-6-17/h3-4,9-10H,1-2,5-8H2,(H,16,18). The van der Waals surface area contributed by atoms with Gasteiger partial charge in [0.15, 0.2) is 0 Å². The van der Waals surface area contributed by atoms with Crippen LogP contribution in [0.4, 0.5) is 10.1 Å². The predicted molar refractivity (Wildman–Crippen MR) is 77.3 cm³/mol. The van der Waals surface area contributed by atoms with Crippen LogP contribution in [0.15, 0.2) is 23.1 Å². The molecule has 1 aliphatic heterocycles. The number of benzene rings is 1. The maximum atomic E-state index is 13.8. The van der Waals surface area contributed by atoms with Crippen molar-refractivity contribution in [2.45, 2.75) is 17.7 Å². The van der Waals surface area contributed by atoms with Gasteiger partial charge in [-0.05, 0) is 31.0 Å². The number of hydrogen-bond acceptors (Lipinski definition) is 4. The molecule has 3 rings (SSSR count). The summed E-state index contributed by atoms with van der Waals surface area (Å²) in [6.07, 6.45) is 1.58. The van der Waals surface area contributed by atoms with Crippen molar-refractivity contribution in [3.63, 3.8) is 0 Å². The Hall–Kier alpha value is -1.51. The van der Waals surface area contributed by atoms with E-state index in [1.165, 1.54) is 16.4 Å². The number of carbonyl (C=O) groups is 1. The second-order valence-corrected chi connectivity index (χ2v) is 7.36. The quantitative estimate of drug-likeness (QED) is 0.901. The molecule has 0 radical (unpaired) electrons. The summed E-state index contributed by atoms with van der Waals surface area (Å²) in [4.78, 5) is 11.7. The fourth-order valence-corrected chi connectivity index (χ4v) is 3.71. The number of ether oxygens (including phenoxy) is 1. The van der Waals surface area contributed by atoms with Crippen molar-refractivity contribution in [1.82, 2.24) is 4.31 Å². The first-order valence-electron chi connectivity index (χ1n) is 7.17. The molecular formula is C14H17FN2O4S. The van der Waals surface area contributed by atoms with Crippen molar-refractivity contribution in [3.8, 4) is 0 Å². The number of nitrogens with one attached hydrogen (secondary N) is 1. The summed E-state index contributed by atoms with van der Waals surface area (Å²) in [7, 11) is -3.71. The lowest BCUT2D eigenvalue weighted by Gasteiger charge is -2.26. The Kier molecular flexibility index (Phi) is 4.16. The summed E-state index contributed by atoms with van der Waals surface area (Å²) < 4.78 is 45.3. The van der Waals surface area contributed by atoms with E-state index in [0.717, 1.165) is 18.9 Å². The van der Waals surface area contributed by atoms with Crippen LogP contribution >= 0.6 is 0 Å². The highest BCUT2D eigenvalue weighted by Gasteiger charge is 2.31. The maximum absolute atomic E-state index is 13.8. The Morgan fingerprint density at radius 1 is 1.27 bits per heavy atom. The summed E-state index contributed by atoms with van der Waals surface area (Å²) in [5.74, 6) is -0.992. The van der Waals surface area contributed by atoms with Crippen LogP contribution in [-0.4, -0.2) is 44.9 Å². The molecule has 2 fully saturated rings. The van der Waals surface area contributed by atoms with Crippen LogP contribution in [0, 0.1) is 11.7 Å². The molecule has 0 atom stereocenters. The largest absolute Gasteiger partial charge is 0.379 e. The lowest BCUT2D eigenvalue weighted by Crippen LogP contribution is -2.40. The number of rotatable bonds is 4. The van der Waals surface area contributed by atoms with E-state index in [1.807, 2.05) is 0 Å². The zero-order valence-corrected chi connectivity index (χ0v) is 12.7. The molecular weight excluding hydrogens is 311 g/mol. The molecule has 6 nitrogen and oxygen atoms in total. The molecule has 8 heteroatoms. The van der Waals surface area contributed by atoms with E-state index in [4.69, 9.17) is 4.74 Å². The first-order valence-corrected chi connectivity index (χ1v) is 8.61. The summed E-state index contributed by atoms with van der Waals surface area (Å²) in [6, 6.07) is 3.46. The number of morpholine rings is 1. The molecule has 0 bridgehead atoms. The molecule has 1 amide bonds. The second kappa shape index (κ2) is 5.94. The first kappa shape index (κ1) is 15.4. The molecule has 2 aliphatic rings. The van der Waals surface area contributed by atoms with Crippen LogP contribution in [0.1, 0.15) is 12.8 Å². The lowest BCUT2D eigenvalue weighted by atomic mass is 10.3. The van der Waals surface area contributed by atoms with Crippen LogP contribution in [0.25, 0.3) is 0 Å². The van der Waals surface area contributed by atoms with E-state index in [1.54, 1.807) is 0 Å². The van der Waals surface area contributed by atoms with Gasteiger partial charge in [-0.1, -0.05) is 0 Å². The van der Waals surface area contributed by atoms with Gasteiger partial charge in [0.1, 0.15) is 5.82 Å². The van der Waals surface area contributed by atoms with Crippen LogP contribution in [-0.2, 0) is 19.6 Å². The number of amides is 1. The van der Waals surface area contributed by atoms with E-state index in [2.05, 4.69) is 5.32 Å². The molecule has 22 heavy (non-hydrogen) atoms. The third-order valence-electron chi connectivity index (χ3n) is 3.75. The van der Waals surface area contributed by atoms with Gasteiger partial charge in [0.25, 0.3) is 0 Å². The van der Waals surface area contributed by atoms with Gasteiger partial charge in [0.2, 0.25) is 15.9 Å². The SMILES string of the molecule is O=C(Nc1cc(S(=O)(=O)N2CCOCC2)ccc1F)C1CC1. The van der Waals surface area contributed by atoms with Gasteiger partial charge in [-0.3, -0.25) is 4.79 Å². The molecule has 0 aromatic heterocycles. The minimum Gasteiger partial charge on any atom is -0.379 e. The van der Waals surface area contributed by atoms with Gasteiger partial charge < -0.3 is 10.1 Å². The summed E-state index contributed by atoms with van der Waals surface area (Å²) in [5, 5.41) is 2.47. The molecule has 1 aromatic rings. The minimum absolute atomic E-state index is 0.0260. The number of hydrogen-bond donors (Lipinski definition) is 1. The molecule has 1 aromatic carbocycles. The van der Waals surface area contributed by atoms with Crippen molar-refractivity contribution in [3.05, 3.63) is 24.0 Å². The Balaban J connectivity index is 1.85. The Morgan fingerprint density at radius 3 is 2.59 bits per heavy atom. The predicted octanol–water partition coefficient (Wildman–Crippen LogP) is 1.20. The van der Waals surface area contributed by atoms with Crippen LogP contribution in [0.2, 0.25) is 0 Å². The van der Waals surface area contributed by atoms with Gasteiger partial charge in [0.05, 0.1) is 23.8 Å². The number of carbonyl (C=O) groups excluding carboxylic acids is 1. The second-order valence-electron chi connectivity index (χ2n) is 5.42. The summed E-state index contributed by atoms with van der Waals surface area (Å²) >= 11 is 0. The highest BCUT2D eigenvalue weighted by molar-refractivity contribution is 7.89. The summed E-state index contributed by atoms with van der Waals surface area (Å²) in [6.45, 7) is 1.21. The number of sulfonamides is 1. The van der Waals surface area contributed by atoms with Gasteiger partial charge in [-0.15, -0.1) is 0 Å². The van der Waals surface area contributed by atoms with Crippen molar-refractivity contribution >= 4 is 21.6 Å². The fourth-order valence-electron chi connectivity index (χ4n) is 2.28. The monoisotopic (exact) mass is 328 g/mol. The van der Waals surface area contributed by atoms with Crippen molar-refractivity contribution < 1.29 is 22.3 Å². The average Bonchev–Trinajstić information content (AvgIpc) is 3.35. The number of halogens is 1. The van der Waals surface area contributed by atoms with Crippen molar-refractivity contribution in [1.29, 1.82) is 0 Å². The van der Waals surface area contributed by atoms with E-state index in [0.29, 0.717) is 13.2 Å². The molecule has 0 unspecified atom stereocenters. The lowest BCUT2D eigenvalue weighted by molar-refractivity contribution is -0.117. The topological polar surface area (TPSA) is 75.7 Å². The normalized spacial score (nSPS) is 19.9. The van der Waals surface area contributed by atoms with Crippen LogP contribution < -0.4 is 5.32 Å². The third-order valence-corrected chi connectivity index (χ3v) is 5.65. The highest BCUT2D eigenvalue weighted by atomic mass is 32.2.